The number of aryl methyl sites for hydroxylation is 3. The maximum absolute atomic E-state index is 13.0. The summed E-state index contributed by atoms with van der Waals surface area (Å²) in [4.78, 5) is 0. The average molecular weight is 327 g/mol. The number of halogens is 6. The van der Waals surface area contributed by atoms with E-state index >= 15 is 0 Å². The summed E-state index contributed by atoms with van der Waals surface area (Å²) in [5.74, 6) is 0. The second-order valence-electron chi connectivity index (χ2n) is 4.68. The molecule has 0 spiro atoms. The van der Waals surface area contributed by atoms with Crippen molar-refractivity contribution in [1.82, 2.24) is 24.8 Å². The van der Waals surface area contributed by atoms with E-state index in [0.29, 0.717) is 5.69 Å². The second-order valence-corrected chi connectivity index (χ2v) is 4.68. The van der Waals surface area contributed by atoms with Crippen LogP contribution in [0.3, 0.4) is 0 Å². The van der Waals surface area contributed by atoms with Crippen LogP contribution in [0.1, 0.15) is 22.6 Å². The quantitative estimate of drug-likeness (QED) is 0.813. The van der Waals surface area contributed by atoms with Gasteiger partial charge in [-0.15, -0.1) is 5.10 Å². The zero-order valence-corrected chi connectivity index (χ0v) is 11.5. The van der Waals surface area contributed by atoms with Crippen molar-refractivity contribution in [3.05, 3.63) is 28.8 Å². The molecule has 0 atom stereocenters. The molecule has 0 aliphatic heterocycles. The highest BCUT2D eigenvalue weighted by Gasteiger charge is 2.45. The molecule has 0 N–H and O–H groups in total. The van der Waals surface area contributed by atoms with Gasteiger partial charge in [0.1, 0.15) is 5.69 Å². The summed E-state index contributed by atoms with van der Waals surface area (Å²) in [5, 5.41) is 10.2. The van der Waals surface area contributed by atoms with Crippen LogP contribution in [-0.2, 0) is 39.3 Å². The van der Waals surface area contributed by atoms with Gasteiger partial charge in [-0.25, -0.2) is 0 Å². The SMILES string of the molecule is Cn1cc(CCc2c(C(F)(F)F)nn(C)c2C(F)(F)F)nn1. The molecule has 22 heavy (non-hydrogen) atoms. The third-order valence-electron chi connectivity index (χ3n) is 2.96. The lowest BCUT2D eigenvalue weighted by Gasteiger charge is -2.10. The molecule has 0 fully saturated rings. The molecule has 0 amide bonds. The van der Waals surface area contributed by atoms with E-state index in [1.54, 1.807) is 7.05 Å². The first-order valence-corrected chi connectivity index (χ1v) is 6.05. The lowest BCUT2D eigenvalue weighted by atomic mass is 10.0. The number of rotatable bonds is 3. The van der Waals surface area contributed by atoms with Gasteiger partial charge >= 0.3 is 12.4 Å². The Bertz CT molecular complexity index is 666. The Morgan fingerprint density at radius 2 is 1.64 bits per heavy atom. The standard InChI is InChI=1S/C11H11F6N5/c1-21-5-6(18-20-21)3-4-7-8(10(12,13)14)19-22(2)9(7)11(15,16)17/h5H,3-4H2,1-2H3. The van der Waals surface area contributed by atoms with Gasteiger partial charge < -0.3 is 0 Å². The van der Waals surface area contributed by atoms with Crippen LogP contribution in [0.5, 0.6) is 0 Å². The minimum absolute atomic E-state index is 0.105. The molecule has 0 aliphatic rings. The molecule has 0 saturated heterocycles. The minimum atomic E-state index is -4.96. The molecule has 0 radical (unpaired) electrons. The maximum atomic E-state index is 13.0. The first-order chi connectivity index (χ1) is 10.00. The van der Waals surface area contributed by atoms with Crippen molar-refractivity contribution in [2.45, 2.75) is 25.2 Å². The summed E-state index contributed by atoms with van der Waals surface area (Å²) in [7, 11) is 2.38. The third kappa shape index (κ3) is 3.22. The predicted octanol–water partition coefficient (Wildman–Crippen LogP) is 2.37. The van der Waals surface area contributed by atoms with Crippen LogP contribution >= 0.6 is 0 Å². The van der Waals surface area contributed by atoms with E-state index in [1.807, 2.05) is 0 Å². The molecular weight excluding hydrogens is 316 g/mol. The highest BCUT2D eigenvalue weighted by atomic mass is 19.4. The Kier molecular flexibility index (Phi) is 3.92. The van der Waals surface area contributed by atoms with Crippen LogP contribution in [-0.4, -0.2) is 24.8 Å². The summed E-state index contributed by atoms with van der Waals surface area (Å²) in [6.45, 7) is 0. The Morgan fingerprint density at radius 3 is 2.09 bits per heavy atom. The van der Waals surface area contributed by atoms with Crippen LogP contribution in [0.2, 0.25) is 0 Å². The van der Waals surface area contributed by atoms with E-state index in [0.717, 1.165) is 7.05 Å². The molecule has 2 heterocycles. The van der Waals surface area contributed by atoms with Crippen molar-refractivity contribution in [2.24, 2.45) is 14.1 Å². The fraction of sp³-hybridized carbons (Fsp3) is 0.545. The predicted molar refractivity (Wildman–Crippen MR) is 61.6 cm³/mol. The zero-order valence-electron chi connectivity index (χ0n) is 11.5. The van der Waals surface area contributed by atoms with Crippen molar-refractivity contribution in [3.63, 3.8) is 0 Å². The second kappa shape index (κ2) is 5.29. The average Bonchev–Trinajstić information content (AvgIpc) is 2.88. The fourth-order valence-corrected chi connectivity index (χ4v) is 2.15. The van der Waals surface area contributed by atoms with Crippen LogP contribution in [0, 0.1) is 0 Å². The van der Waals surface area contributed by atoms with Gasteiger partial charge in [0.05, 0.1) is 5.69 Å². The van der Waals surface area contributed by atoms with Crippen LogP contribution in [0.25, 0.3) is 0 Å². The van der Waals surface area contributed by atoms with Gasteiger partial charge in [0, 0.05) is 25.9 Å². The van der Waals surface area contributed by atoms with Gasteiger partial charge in [-0.2, -0.15) is 31.4 Å². The molecule has 0 unspecified atom stereocenters. The molecule has 0 aromatic carbocycles. The van der Waals surface area contributed by atoms with Gasteiger partial charge in [0.2, 0.25) is 0 Å². The monoisotopic (exact) mass is 327 g/mol. The molecule has 2 rings (SSSR count). The molecule has 5 nitrogen and oxygen atoms in total. The molecular formula is C11H11F6N5. The minimum Gasteiger partial charge on any atom is -0.263 e. The Hall–Kier alpha value is -2.07. The zero-order chi connectivity index (χ0) is 16.7. The van der Waals surface area contributed by atoms with Gasteiger partial charge in [0.25, 0.3) is 0 Å². The summed E-state index contributed by atoms with van der Waals surface area (Å²) in [6.07, 6.45) is -9.05. The smallest absolute Gasteiger partial charge is 0.263 e. The molecule has 11 heteroatoms. The molecule has 0 bridgehead atoms. The molecule has 2 aromatic heterocycles. The van der Waals surface area contributed by atoms with E-state index in [4.69, 9.17) is 0 Å². The van der Waals surface area contributed by atoms with E-state index in [9.17, 15) is 26.3 Å². The molecule has 0 aliphatic carbocycles. The molecule has 0 saturated carbocycles. The van der Waals surface area contributed by atoms with E-state index < -0.39 is 35.7 Å². The fourth-order valence-electron chi connectivity index (χ4n) is 2.15. The van der Waals surface area contributed by atoms with E-state index in [1.165, 1.54) is 10.9 Å². The Morgan fingerprint density at radius 1 is 1.00 bits per heavy atom. The molecule has 122 valence electrons. The van der Waals surface area contributed by atoms with Crippen LogP contribution < -0.4 is 0 Å². The number of hydrogen-bond donors (Lipinski definition) is 0. The third-order valence-corrected chi connectivity index (χ3v) is 2.96. The highest BCUT2D eigenvalue weighted by molar-refractivity contribution is 5.31. The Balaban J connectivity index is 2.42. The first kappa shape index (κ1) is 16.3. The first-order valence-electron chi connectivity index (χ1n) is 6.05. The number of alkyl halides is 6. The maximum Gasteiger partial charge on any atom is 0.435 e. The summed E-state index contributed by atoms with van der Waals surface area (Å²) in [5.41, 5.74) is -3.50. The normalized spacial score (nSPS) is 12.9. The topological polar surface area (TPSA) is 48.5 Å². The van der Waals surface area contributed by atoms with Crippen molar-refractivity contribution in [2.75, 3.05) is 0 Å². The summed E-state index contributed by atoms with van der Waals surface area (Å²) < 4.78 is 79.1. The lowest BCUT2D eigenvalue weighted by molar-refractivity contribution is -0.145. The lowest BCUT2D eigenvalue weighted by Crippen LogP contribution is -2.15. The van der Waals surface area contributed by atoms with Crippen molar-refractivity contribution in [3.8, 4) is 0 Å². The summed E-state index contributed by atoms with van der Waals surface area (Å²) >= 11 is 0. The van der Waals surface area contributed by atoms with Crippen molar-refractivity contribution < 1.29 is 26.3 Å². The van der Waals surface area contributed by atoms with Crippen LogP contribution in [0.4, 0.5) is 26.3 Å². The highest BCUT2D eigenvalue weighted by Crippen LogP contribution is 2.39. The van der Waals surface area contributed by atoms with Crippen molar-refractivity contribution in [1.29, 1.82) is 0 Å². The summed E-state index contributed by atoms with van der Waals surface area (Å²) in [6, 6.07) is 0. The number of hydrogen-bond acceptors (Lipinski definition) is 3. The van der Waals surface area contributed by atoms with Crippen molar-refractivity contribution >= 4 is 0 Å². The van der Waals surface area contributed by atoms with Gasteiger partial charge in [0.15, 0.2) is 5.69 Å². The van der Waals surface area contributed by atoms with Gasteiger partial charge in [-0.05, 0) is 12.8 Å². The molecule has 2 aromatic rings. The van der Waals surface area contributed by atoms with Gasteiger partial charge in [-0.3, -0.25) is 9.36 Å². The number of nitrogens with zero attached hydrogens (tertiary/aromatic N) is 5. The van der Waals surface area contributed by atoms with Crippen LogP contribution in [0.15, 0.2) is 6.20 Å². The Labute approximate surface area is 120 Å². The van der Waals surface area contributed by atoms with Gasteiger partial charge in [-0.1, -0.05) is 5.21 Å². The van der Waals surface area contributed by atoms with E-state index in [2.05, 4.69) is 15.4 Å². The number of aromatic nitrogens is 5. The largest absolute Gasteiger partial charge is 0.435 e. The van der Waals surface area contributed by atoms with E-state index in [-0.39, 0.29) is 11.1 Å².